The molecule has 0 saturated heterocycles. The van der Waals surface area contributed by atoms with Gasteiger partial charge >= 0.3 is 0 Å². The number of rotatable bonds is 4. The number of hydrogen-bond acceptors (Lipinski definition) is 4. The van der Waals surface area contributed by atoms with Crippen LogP contribution in [0.5, 0.6) is 0 Å². The summed E-state index contributed by atoms with van der Waals surface area (Å²) in [5.74, 6) is 0.275. The van der Waals surface area contributed by atoms with Crippen LogP contribution in [0, 0.1) is 0 Å². The Morgan fingerprint density at radius 3 is 2.80 bits per heavy atom. The summed E-state index contributed by atoms with van der Waals surface area (Å²) in [6.07, 6.45) is 3.40. The predicted octanol–water partition coefficient (Wildman–Crippen LogP) is 2.66. The van der Waals surface area contributed by atoms with Crippen LogP contribution >= 0.6 is 11.6 Å². The molecule has 1 amide bonds. The Labute approximate surface area is 122 Å². The molecule has 104 valence electrons. The van der Waals surface area contributed by atoms with Gasteiger partial charge in [0.25, 0.3) is 5.91 Å². The minimum Gasteiger partial charge on any atom is -0.373 e. The van der Waals surface area contributed by atoms with Crippen LogP contribution in [0.1, 0.15) is 29.0 Å². The number of anilines is 1. The van der Waals surface area contributed by atoms with Gasteiger partial charge in [0.05, 0.1) is 11.1 Å². The lowest BCUT2D eigenvalue weighted by atomic mass is 10.1. The van der Waals surface area contributed by atoms with Gasteiger partial charge < -0.3 is 10.6 Å². The van der Waals surface area contributed by atoms with Crippen molar-refractivity contribution in [1.82, 2.24) is 15.3 Å². The number of carbonyl (C=O) groups excluding carboxylic acids is 1. The summed E-state index contributed by atoms with van der Waals surface area (Å²) in [4.78, 5) is 20.4. The number of amides is 1. The zero-order chi connectivity index (χ0) is 14.5. The monoisotopic (exact) mass is 290 g/mol. The van der Waals surface area contributed by atoms with E-state index in [-0.39, 0.29) is 17.6 Å². The molecule has 5 nitrogen and oxygen atoms in total. The minimum atomic E-state index is -0.316. The summed E-state index contributed by atoms with van der Waals surface area (Å²) in [6.45, 7) is 1.88. The Balaban J connectivity index is 2.16. The maximum Gasteiger partial charge on any atom is 0.271 e. The summed E-state index contributed by atoms with van der Waals surface area (Å²) in [6, 6.07) is 6.91. The molecule has 0 aliphatic heterocycles. The second-order valence-corrected chi connectivity index (χ2v) is 4.67. The van der Waals surface area contributed by atoms with Crippen LogP contribution in [-0.2, 0) is 0 Å². The highest BCUT2D eigenvalue weighted by Gasteiger charge is 2.16. The lowest BCUT2D eigenvalue weighted by Crippen LogP contribution is -2.28. The van der Waals surface area contributed by atoms with Gasteiger partial charge in [-0.25, -0.2) is 4.98 Å². The Morgan fingerprint density at radius 2 is 2.15 bits per heavy atom. The average Bonchev–Trinajstić information content (AvgIpc) is 2.48. The first kappa shape index (κ1) is 14.3. The van der Waals surface area contributed by atoms with Crippen molar-refractivity contribution in [3.63, 3.8) is 0 Å². The molecule has 0 fully saturated rings. The fraction of sp³-hybridized carbons (Fsp3) is 0.214. The Kier molecular flexibility index (Phi) is 4.53. The summed E-state index contributed by atoms with van der Waals surface area (Å²) in [5.41, 5.74) is 1.12. The third kappa shape index (κ3) is 3.24. The van der Waals surface area contributed by atoms with Crippen LogP contribution < -0.4 is 10.6 Å². The van der Waals surface area contributed by atoms with Gasteiger partial charge in [-0.3, -0.25) is 9.78 Å². The first-order valence-corrected chi connectivity index (χ1v) is 6.54. The first-order valence-electron chi connectivity index (χ1n) is 6.17. The van der Waals surface area contributed by atoms with E-state index in [0.717, 1.165) is 5.56 Å². The van der Waals surface area contributed by atoms with Crippen molar-refractivity contribution in [2.24, 2.45) is 0 Å². The van der Waals surface area contributed by atoms with Gasteiger partial charge in [0.15, 0.2) is 0 Å². The number of pyridine rings is 2. The third-order valence-corrected chi connectivity index (χ3v) is 3.15. The van der Waals surface area contributed by atoms with E-state index in [1.54, 1.807) is 31.6 Å². The van der Waals surface area contributed by atoms with Gasteiger partial charge in [-0.15, -0.1) is 0 Å². The minimum absolute atomic E-state index is 0.174. The van der Waals surface area contributed by atoms with E-state index in [4.69, 9.17) is 11.6 Å². The summed E-state index contributed by atoms with van der Waals surface area (Å²) >= 11 is 6.01. The Hall–Kier alpha value is -2.14. The first-order chi connectivity index (χ1) is 9.61. The van der Waals surface area contributed by atoms with Crippen LogP contribution in [-0.4, -0.2) is 22.9 Å². The lowest BCUT2D eigenvalue weighted by molar-refractivity contribution is 0.0935. The largest absolute Gasteiger partial charge is 0.373 e. The van der Waals surface area contributed by atoms with Gasteiger partial charge in [0, 0.05) is 19.4 Å². The number of aromatic nitrogens is 2. The zero-order valence-electron chi connectivity index (χ0n) is 11.2. The molecule has 2 aromatic heterocycles. The molecule has 2 rings (SSSR count). The molecule has 0 spiro atoms. The highest BCUT2D eigenvalue weighted by Crippen LogP contribution is 2.18. The molecule has 0 aliphatic rings. The van der Waals surface area contributed by atoms with Gasteiger partial charge in [-0.2, -0.15) is 0 Å². The molecule has 2 heterocycles. The number of nitrogens with one attached hydrogen (secondary N) is 2. The standard InChI is InChI=1S/C14H15ClN4O/c1-9(10-4-3-7-17-8-10)18-14(20)13-11(15)5-6-12(16-2)19-13/h3-9H,1-2H3,(H,16,19)(H,18,20). The van der Waals surface area contributed by atoms with E-state index >= 15 is 0 Å². The van der Waals surface area contributed by atoms with Crippen molar-refractivity contribution in [1.29, 1.82) is 0 Å². The zero-order valence-corrected chi connectivity index (χ0v) is 12.0. The molecular formula is C14H15ClN4O. The number of halogens is 1. The van der Waals surface area contributed by atoms with Crippen molar-refractivity contribution in [2.45, 2.75) is 13.0 Å². The SMILES string of the molecule is CNc1ccc(Cl)c(C(=O)NC(C)c2cccnc2)n1. The van der Waals surface area contributed by atoms with Crippen LogP contribution in [0.15, 0.2) is 36.7 Å². The third-order valence-electron chi connectivity index (χ3n) is 2.85. The molecule has 0 aromatic carbocycles. The fourth-order valence-electron chi connectivity index (χ4n) is 1.72. The van der Waals surface area contributed by atoms with Gasteiger partial charge in [0.2, 0.25) is 0 Å². The quantitative estimate of drug-likeness (QED) is 0.908. The molecule has 0 aliphatic carbocycles. The van der Waals surface area contributed by atoms with E-state index < -0.39 is 0 Å². The summed E-state index contributed by atoms with van der Waals surface area (Å²) < 4.78 is 0. The lowest BCUT2D eigenvalue weighted by Gasteiger charge is -2.14. The molecule has 6 heteroatoms. The highest BCUT2D eigenvalue weighted by atomic mass is 35.5. The van der Waals surface area contributed by atoms with E-state index in [9.17, 15) is 4.79 Å². The number of nitrogens with zero attached hydrogens (tertiary/aromatic N) is 2. The van der Waals surface area contributed by atoms with E-state index in [0.29, 0.717) is 10.8 Å². The van der Waals surface area contributed by atoms with Gasteiger partial charge in [-0.05, 0) is 30.7 Å². The maximum absolute atomic E-state index is 12.2. The van der Waals surface area contributed by atoms with Crippen molar-refractivity contribution in [3.8, 4) is 0 Å². The Morgan fingerprint density at radius 1 is 1.35 bits per heavy atom. The fourth-order valence-corrected chi connectivity index (χ4v) is 1.91. The molecule has 0 radical (unpaired) electrons. The average molecular weight is 291 g/mol. The van der Waals surface area contributed by atoms with Crippen LogP contribution in [0.25, 0.3) is 0 Å². The Bertz CT molecular complexity index is 603. The number of hydrogen-bond donors (Lipinski definition) is 2. The van der Waals surface area contributed by atoms with E-state index in [1.807, 2.05) is 19.1 Å². The maximum atomic E-state index is 12.2. The van der Waals surface area contributed by atoms with Gasteiger partial charge in [0.1, 0.15) is 11.5 Å². The van der Waals surface area contributed by atoms with Crippen molar-refractivity contribution in [2.75, 3.05) is 12.4 Å². The summed E-state index contributed by atoms with van der Waals surface area (Å²) in [7, 11) is 1.73. The molecule has 0 bridgehead atoms. The van der Waals surface area contributed by atoms with E-state index in [1.165, 1.54) is 0 Å². The second-order valence-electron chi connectivity index (χ2n) is 4.26. The highest BCUT2D eigenvalue weighted by molar-refractivity contribution is 6.33. The van der Waals surface area contributed by atoms with Crippen molar-refractivity contribution in [3.05, 3.63) is 52.9 Å². The normalized spacial score (nSPS) is 11.8. The molecule has 0 saturated carbocycles. The molecule has 20 heavy (non-hydrogen) atoms. The van der Waals surface area contributed by atoms with Crippen LogP contribution in [0.2, 0.25) is 5.02 Å². The second kappa shape index (κ2) is 6.34. The van der Waals surface area contributed by atoms with Crippen molar-refractivity contribution < 1.29 is 4.79 Å². The molecule has 1 atom stereocenters. The summed E-state index contributed by atoms with van der Waals surface area (Å²) in [5, 5.41) is 6.04. The molecule has 2 N–H and O–H groups in total. The molecule has 2 aromatic rings. The predicted molar refractivity (Wildman–Crippen MR) is 78.9 cm³/mol. The van der Waals surface area contributed by atoms with E-state index in [2.05, 4.69) is 20.6 Å². The smallest absolute Gasteiger partial charge is 0.271 e. The topological polar surface area (TPSA) is 66.9 Å². The molecule has 1 unspecified atom stereocenters. The van der Waals surface area contributed by atoms with Crippen LogP contribution in [0.3, 0.4) is 0 Å². The van der Waals surface area contributed by atoms with Crippen molar-refractivity contribution >= 4 is 23.3 Å². The number of carbonyl (C=O) groups is 1. The van der Waals surface area contributed by atoms with Crippen LogP contribution in [0.4, 0.5) is 5.82 Å². The molecular weight excluding hydrogens is 276 g/mol. The van der Waals surface area contributed by atoms with Gasteiger partial charge in [-0.1, -0.05) is 17.7 Å².